The van der Waals surface area contributed by atoms with Gasteiger partial charge in [0.1, 0.15) is 29.0 Å². The summed E-state index contributed by atoms with van der Waals surface area (Å²) in [6.07, 6.45) is 19.5. The van der Waals surface area contributed by atoms with E-state index in [2.05, 4.69) is 47.1 Å². The average Bonchev–Trinajstić information content (AvgIpc) is 3.92. The standard InChI is InChI=1S/C17H26O2.C14H16O6.C14H20O3.C12H20O2/c1-10(2)16(18)19-17(11(3)4)14-6-12-5-13(8-14)9-15(17)7-12;1-6(2)13(16)18-5-10(15)19-11-7-3-8-9(4-7)14(17)20-12(8)11;1-9(2)12(15)17-14-6-10-3-11(7-14)5-13(16,4-10)8-14;1-4-12(8-6-5-7-9-12)14-11(13)10(2)3/h11-15H,1,5-9H2,2-4H3;7-9,11-12H,1,3-5H2,2H3;10-11,16H,1,3-8H2,2H3;2,4-9H2,1,3H3. The first-order chi connectivity index (χ1) is 32.9. The van der Waals surface area contributed by atoms with Crippen LogP contribution in [0.5, 0.6) is 0 Å². The highest BCUT2D eigenvalue weighted by Crippen LogP contribution is 2.62. The van der Waals surface area contributed by atoms with E-state index in [4.69, 9.17) is 28.4 Å². The van der Waals surface area contributed by atoms with Gasteiger partial charge in [-0.15, -0.1) is 0 Å². The Bertz CT molecular complexity index is 2050. The Kier molecular flexibility index (Phi) is 16.1. The van der Waals surface area contributed by atoms with Gasteiger partial charge in [0.25, 0.3) is 0 Å². The highest BCUT2D eigenvalue weighted by Gasteiger charge is 2.64. The maximum atomic E-state index is 12.1. The normalized spacial score (nSPS) is 37.7. The summed E-state index contributed by atoms with van der Waals surface area (Å²) in [6, 6.07) is 0. The van der Waals surface area contributed by atoms with Crippen LogP contribution >= 0.6 is 0 Å². The van der Waals surface area contributed by atoms with E-state index in [0.29, 0.717) is 52.7 Å². The first-order valence-electron chi connectivity index (χ1n) is 26.5. The summed E-state index contributed by atoms with van der Waals surface area (Å²) in [5, 5.41) is 10.5. The van der Waals surface area contributed by atoms with Crippen LogP contribution in [0.2, 0.25) is 0 Å². The van der Waals surface area contributed by atoms with Crippen molar-refractivity contribution in [2.75, 3.05) is 6.61 Å². The van der Waals surface area contributed by atoms with E-state index < -0.39 is 35.9 Å². The van der Waals surface area contributed by atoms with Crippen LogP contribution in [0, 0.1) is 59.2 Å². The molecular formula is C57H82O13. The number of esters is 6. The Morgan fingerprint density at radius 2 is 1.19 bits per heavy atom. The zero-order valence-corrected chi connectivity index (χ0v) is 43.2. The van der Waals surface area contributed by atoms with E-state index in [-0.39, 0.29) is 64.5 Å². The molecule has 13 nitrogen and oxygen atoms in total. The largest absolute Gasteiger partial charge is 0.458 e. The van der Waals surface area contributed by atoms with Crippen molar-refractivity contribution in [2.45, 2.75) is 205 Å². The van der Waals surface area contributed by atoms with Gasteiger partial charge >= 0.3 is 35.8 Å². The molecule has 0 spiro atoms. The van der Waals surface area contributed by atoms with Crippen molar-refractivity contribution < 1.29 is 62.3 Å². The molecule has 0 aromatic carbocycles. The summed E-state index contributed by atoms with van der Waals surface area (Å²) in [5.41, 5.74) is 0.363. The van der Waals surface area contributed by atoms with Gasteiger partial charge in [-0.25, -0.2) is 24.0 Å². The molecule has 11 saturated carbocycles. The molecule has 1 heterocycles. The highest BCUT2D eigenvalue weighted by atomic mass is 16.6. The number of rotatable bonds is 12. The smallest absolute Gasteiger partial charge is 0.344 e. The molecule has 1 saturated heterocycles. The Balaban J connectivity index is 0.000000139. The molecule has 13 heteroatoms. The summed E-state index contributed by atoms with van der Waals surface area (Å²) in [4.78, 5) is 69.7. The van der Waals surface area contributed by atoms with Crippen LogP contribution in [-0.4, -0.2) is 82.1 Å². The quantitative estimate of drug-likeness (QED) is 0.111. The molecule has 1 aliphatic heterocycles. The summed E-state index contributed by atoms with van der Waals surface area (Å²) in [7, 11) is 0. The van der Waals surface area contributed by atoms with Crippen molar-refractivity contribution in [1.82, 2.24) is 0 Å². The lowest BCUT2D eigenvalue weighted by molar-refractivity contribution is -0.221. The predicted molar refractivity (Wildman–Crippen MR) is 261 cm³/mol. The third kappa shape index (κ3) is 11.3. The van der Waals surface area contributed by atoms with Gasteiger partial charge in [0, 0.05) is 40.5 Å². The Hall–Kier alpha value is -4.26. The van der Waals surface area contributed by atoms with E-state index in [1.165, 1.54) is 64.7 Å². The SMILES string of the molecule is C=C(C)C(=O)OC1(C(C)C)C2CC3CC(C2)CC1C3.C=C(C)C(=O)OC1(CC)CCCCC1.C=C(C)C(=O)OC12CC3CC(CC(O)(C3)C1)C2.C=C(C)C(=O)OCC(=O)OC1C2CC3C(=O)OC1C3C2. The summed E-state index contributed by atoms with van der Waals surface area (Å²) < 4.78 is 32.7. The van der Waals surface area contributed by atoms with Crippen molar-refractivity contribution >= 4 is 35.8 Å². The number of fused-ring (bicyclic) bond motifs is 1. The van der Waals surface area contributed by atoms with E-state index >= 15 is 0 Å². The maximum Gasteiger partial charge on any atom is 0.344 e. The minimum Gasteiger partial charge on any atom is -0.458 e. The summed E-state index contributed by atoms with van der Waals surface area (Å²) in [6.45, 7) is 27.2. The average molecular weight is 975 g/mol. The third-order valence-corrected chi connectivity index (χ3v) is 18.0. The molecule has 388 valence electrons. The van der Waals surface area contributed by atoms with Crippen molar-refractivity contribution in [3.05, 3.63) is 48.6 Å². The van der Waals surface area contributed by atoms with Crippen LogP contribution in [0.1, 0.15) is 170 Å². The molecule has 12 rings (SSSR count). The van der Waals surface area contributed by atoms with E-state index in [0.717, 1.165) is 69.6 Å². The molecule has 7 unspecified atom stereocenters. The molecule has 0 aromatic rings. The number of aliphatic hydroxyl groups is 1. The number of ether oxygens (including phenoxy) is 6. The fourth-order valence-electron chi connectivity index (χ4n) is 15.4. The van der Waals surface area contributed by atoms with Crippen LogP contribution in [-0.2, 0) is 57.2 Å². The van der Waals surface area contributed by atoms with Crippen molar-refractivity contribution in [2.24, 2.45) is 59.2 Å². The minimum absolute atomic E-state index is 0.0128. The number of carbonyl (C=O) groups excluding carboxylic acids is 6. The van der Waals surface area contributed by atoms with Gasteiger partial charge in [0.2, 0.25) is 0 Å². The second-order valence-electron chi connectivity index (χ2n) is 24.0. The Morgan fingerprint density at radius 1 is 0.671 bits per heavy atom. The van der Waals surface area contributed by atoms with Crippen LogP contribution in [0.25, 0.3) is 0 Å². The molecule has 12 aliphatic rings. The fraction of sp³-hybridized carbons (Fsp3) is 0.754. The van der Waals surface area contributed by atoms with Crippen LogP contribution in [0.3, 0.4) is 0 Å². The van der Waals surface area contributed by atoms with Gasteiger partial charge in [0.05, 0.1) is 11.5 Å². The minimum atomic E-state index is -0.623. The lowest BCUT2D eigenvalue weighted by atomic mass is 9.47. The Morgan fingerprint density at radius 3 is 1.69 bits per heavy atom. The van der Waals surface area contributed by atoms with Gasteiger partial charge in [-0.3, -0.25) is 4.79 Å². The molecule has 0 amide bonds. The lowest BCUT2D eigenvalue weighted by Crippen LogP contribution is -2.62. The predicted octanol–water partition coefficient (Wildman–Crippen LogP) is 9.96. The number of hydrogen-bond donors (Lipinski definition) is 1. The first kappa shape index (κ1) is 53.5. The van der Waals surface area contributed by atoms with E-state index in [9.17, 15) is 33.9 Å². The molecule has 0 radical (unpaired) electrons. The van der Waals surface area contributed by atoms with Gasteiger partial charge in [-0.05, 0) is 178 Å². The van der Waals surface area contributed by atoms with Gasteiger partial charge in [-0.2, -0.15) is 0 Å². The second-order valence-corrected chi connectivity index (χ2v) is 24.0. The molecular weight excluding hydrogens is 893 g/mol. The third-order valence-electron chi connectivity index (χ3n) is 18.0. The molecule has 10 bridgehead atoms. The molecule has 70 heavy (non-hydrogen) atoms. The first-order valence-corrected chi connectivity index (χ1v) is 26.5. The molecule has 1 N–H and O–H groups in total. The zero-order valence-electron chi connectivity index (χ0n) is 43.2. The van der Waals surface area contributed by atoms with Crippen LogP contribution < -0.4 is 0 Å². The van der Waals surface area contributed by atoms with Crippen LogP contribution in [0.4, 0.5) is 0 Å². The van der Waals surface area contributed by atoms with Gasteiger partial charge in [0.15, 0.2) is 6.61 Å². The van der Waals surface area contributed by atoms with Gasteiger partial charge in [-0.1, -0.05) is 53.5 Å². The van der Waals surface area contributed by atoms with E-state index in [1.54, 1.807) is 20.8 Å². The van der Waals surface area contributed by atoms with Crippen molar-refractivity contribution in [3.8, 4) is 0 Å². The zero-order chi connectivity index (χ0) is 51.1. The molecule has 11 aliphatic carbocycles. The molecule has 0 aromatic heterocycles. The number of carbonyl (C=O) groups is 6. The molecule has 12 fully saturated rings. The maximum absolute atomic E-state index is 12.1. The van der Waals surface area contributed by atoms with E-state index in [1.807, 2.05) is 0 Å². The van der Waals surface area contributed by atoms with Crippen molar-refractivity contribution in [3.63, 3.8) is 0 Å². The topological polar surface area (TPSA) is 178 Å². The van der Waals surface area contributed by atoms with Gasteiger partial charge < -0.3 is 33.5 Å². The monoisotopic (exact) mass is 975 g/mol. The van der Waals surface area contributed by atoms with Crippen LogP contribution in [0.15, 0.2) is 48.6 Å². The van der Waals surface area contributed by atoms with Crippen molar-refractivity contribution in [1.29, 1.82) is 0 Å². The number of hydrogen-bond acceptors (Lipinski definition) is 13. The lowest BCUT2D eigenvalue weighted by Gasteiger charge is -2.61. The highest BCUT2D eigenvalue weighted by molar-refractivity contribution is 5.89. The molecule has 7 atom stereocenters. The summed E-state index contributed by atoms with van der Waals surface area (Å²) in [5.74, 6) is 2.71. The Labute approximate surface area is 416 Å². The summed E-state index contributed by atoms with van der Waals surface area (Å²) >= 11 is 0. The fourth-order valence-corrected chi connectivity index (χ4v) is 15.4. The second kappa shape index (κ2) is 21.1.